The molecule has 0 amide bonds. The van der Waals surface area contributed by atoms with Gasteiger partial charge >= 0.3 is 5.97 Å². The molecule has 6 heteroatoms. The van der Waals surface area contributed by atoms with Crippen LogP contribution in [0.4, 0.5) is 5.69 Å². The van der Waals surface area contributed by atoms with Gasteiger partial charge in [0.1, 0.15) is 5.69 Å². The SMILES string of the molecule is COC(=O)c1c(N)c(C2=CCC(OC)CC2)nn1C. The van der Waals surface area contributed by atoms with Crippen LogP contribution in [0.1, 0.15) is 35.4 Å². The molecule has 0 fully saturated rings. The minimum atomic E-state index is -0.468. The van der Waals surface area contributed by atoms with Crippen molar-refractivity contribution in [2.75, 3.05) is 20.0 Å². The number of ether oxygens (including phenoxy) is 2. The molecule has 104 valence electrons. The molecule has 1 aliphatic carbocycles. The van der Waals surface area contributed by atoms with E-state index in [4.69, 9.17) is 15.2 Å². The Morgan fingerprint density at radius 3 is 2.79 bits per heavy atom. The first-order chi connectivity index (χ1) is 9.08. The van der Waals surface area contributed by atoms with E-state index in [0.29, 0.717) is 17.1 Å². The van der Waals surface area contributed by atoms with Crippen LogP contribution in [0.25, 0.3) is 5.57 Å². The molecule has 2 N–H and O–H groups in total. The summed E-state index contributed by atoms with van der Waals surface area (Å²) in [6.45, 7) is 0. The van der Waals surface area contributed by atoms with Crippen molar-refractivity contribution in [3.63, 3.8) is 0 Å². The zero-order valence-electron chi connectivity index (χ0n) is 11.5. The van der Waals surface area contributed by atoms with Crippen molar-refractivity contribution < 1.29 is 14.3 Å². The zero-order chi connectivity index (χ0) is 14.0. The first-order valence-electron chi connectivity index (χ1n) is 6.21. The topological polar surface area (TPSA) is 79.4 Å². The van der Waals surface area contributed by atoms with Gasteiger partial charge in [-0.05, 0) is 24.8 Å². The summed E-state index contributed by atoms with van der Waals surface area (Å²) in [4.78, 5) is 11.6. The Hall–Kier alpha value is -1.82. The molecule has 0 bridgehead atoms. The average Bonchev–Trinajstić information content (AvgIpc) is 2.73. The molecule has 1 heterocycles. The van der Waals surface area contributed by atoms with Gasteiger partial charge in [0.2, 0.25) is 0 Å². The molecule has 0 radical (unpaired) electrons. The van der Waals surface area contributed by atoms with Crippen LogP contribution in [-0.4, -0.2) is 36.1 Å². The largest absolute Gasteiger partial charge is 0.464 e. The first-order valence-corrected chi connectivity index (χ1v) is 6.21. The van der Waals surface area contributed by atoms with Gasteiger partial charge < -0.3 is 15.2 Å². The van der Waals surface area contributed by atoms with Crippen molar-refractivity contribution >= 4 is 17.2 Å². The van der Waals surface area contributed by atoms with Gasteiger partial charge in [0.15, 0.2) is 5.69 Å². The van der Waals surface area contributed by atoms with Crippen molar-refractivity contribution in [1.29, 1.82) is 0 Å². The molecular formula is C13H19N3O3. The highest BCUT2D eigenvalue weighted by Gasteiger charge is 2.24. The molecule has 2 rings (SSSR count). The lowest BCUT2D eigenvalue weighted by atomic mass is 9.94. The lowest BCUT2D eigenvalue weighted by molar-refractivity contribution is 0.0589. The number of rotatable bonds is 3. The van der Waals surface area contributed by atoms with Crippen LogP contribution in [0.15, 0.2) is 6.08 Å². The van der Waals surface area contributed by atoms with Gasteiger partial charge in [0, 0.05) is 14.2 Å². The summed E-state index contributed by atoms with van der Waals surface area (Å²) in [5.74, 6) is -0.468. The van der Waals surface area contributed by atoms with Crippen LogP contribution in [0.5, 0.6) is 0 Å². The maximum Gasteiger partial charge on any atom is 0.358 e. The van der Waals surface area contributed by atoms with Crippen LogP contribution in [0.2, 0.25) is 0 Å². The van der Waals surface area contributed by atoms with Crippen molar-refractivity contribution in [2.45, 2.75) is 25.4 Å². The Morgan fingerprint density at radius 2 is 2.26 bits per heavy atom. The number of aromatic nitrogens is 2. The number of anilines is 1. The molecule has 1 aromatic heterocycles. The number of methoxy groups -OCH3 is 2. The van der Waals surface area contributed by atoms with Crippen LogP contribution in [0.3, 0.4) is 0 Å². The van der Waals surface area contributed by atoms with Gasteiger partial charge in [0.05, 0.1) is 18.9 Å². The number of esters is 1. The maximum absolute atomic E-state index is 11.6. The number of aryl methyl sites for hydroxylation is 1. The highest BCUT2D eigenvalue weighted by Crippen LogP contribution is 2.32. The van der Waals surface area contributed by atoms with E-state index < -0.39 is 5.97 Å². The summed E-state index contributed by atoms with van der Waals surface area (Å²) in [5.41, 5.74) is 8.45. The lowest BCUT2D eigenvalue weighted by Crippen LogP contribution is -2.13. The predicted octanol–water partition coefficient (Wildman–Crippen LogP) is 1.37. The smallest absolute Gasteiger partial charge is 0.358 e. The Balaban J connectivity index is 2.32. The van der Waals surface area contributed by atoms with Gasteiger partial charge in [-0.25, -0.2) is 4.79 Å². The summed E-state index contributed by atoms with van der Waals surface area (Å²) < 4.78 is 11.5. The third-order valence-corrected chi connectivity index (χ3v) is 3.46. The van der Waals surface area contributed by atoms with E-state index in [-0.39, 0.29) is 6.10 Å². The first kappa shape index (κ1) is 13.6. The number of hydrogen-bond acceptors (Lipinski definition) is 5. The normalized spacial score (nSPS) is 19.1. The fourth-order valence-electron chi connectivity index (χ4n) is 2.36. The van der Waals surface area contributed by atoms with Gasteiger partial charge in [-0.1, -0.05) is 6.08 Å². The van der Waals surface area contributed by atoms with E-state index in [1.807, 2.05) is 0 Å². The average molecular weight is 265 g/mol. The summed E-state index contributed by atoms with van der Waals surface area (Å²) in [6, 6.07) is 0. The third kappa shape index (κ3) is 2.49. The van der Waals surface area contributed by atoms with Crippen LogP contribution < -0.4 is 5.73 Å². The predicted molar refractivity (Wildman–Crippen MR) is 71.6 cm³/mol. The van der Waals surface area contributed by atoms with E-state index >= 15 is 0 Å². The molecule has 6 nitrogen and oxygen atoms in total. The van der Waals surface area contributed by atoms with E-state index in [0.717, 1.165) is 24.8 Å². The van der Waals surface area contributed by atoms with Crippen molar-refractivity contribution in [1.82, 2.24) is 9.78 Å². The minimum absolute atomic E-state index is 0.258. The maximum atomic E-state index is 11.6. The molecule has 1 aliphatic rings. The summed E-state index contributed by atoms with van der Waals surface area (Å²) in [6.07, 6.45) is 4.97. The second kappa shape index (κ2) is 5.44. The van der Waals surface area contributed by atoms with E-state index in [1.54, 1.807) is 14.2 Å². The summed E-state index contributed by atoms with van der Waals surface area (Å²) >= 11 is 0. The van der Waals surface area contributed by atoms with Gasteiger partial charge in [-0.2, -0.15) is 5.10 Å². The molecule has 19 heavy (non-hydrogen) atoms. The molecule has 1 aromatic rings. The molecule has 0 saturated heterocycles. The van der Waals surface area contributed by atoms with Crippen LogP contribution >= 0.6 is 0 Å². The molecule has 0 spiro atoms. The number of hydrogen-bond donors (Lipinski definition) is 1. The molecule has 0 aromatic carbocycles. The quantitative estimate of drug-likeness (QED) is 0.835. The van der Waals surface area contributed by atoms with Crippen molar-refractivity contribution in [3.8, 4) is 0 Å². The van der Waals surface area contributed by atoms with Gasteiger partial charge in [0.25, 0.3) is 0 Å². The van der Waals surface area contributed by atoms with E-state index in [1.165, 1.54) is 11.8 Å². The number of nitrogen functional groups attached to an aromatic ring is 1. The van der Waals surface area contributed by atoms with Crippen LogP contribution in [-0.2, 0) is 16.5 Å². The molecular weight excluding hydrogens is 246 g/mol. The molecule has 1 unspecified atom stereocenters. The van der Waals surface area contributed by atoms with Crippen molar-refractivity contribution in [3.05, 3.63) is 17.5 Å². The Morgan fingerprint density at radius 1 is 1.53 bits per heavy atom. The molecule has 1 atom stereocenters. The van der Waals surface area contributed by atoms with Crippen LogP contribution in [0, 0.1) is 0 Å². The second-order valence-corrected chi connectivity index (χ2v) is 4.59. The molecule has 0 aliphatic heterocycles. The fraction of sp³-hybridized carbons (Fsp3) is 0.538. The van der Waals surface area contributed by atoms with Crippen molar-refractivity contribution in [2.24, 2.45) is 7.05 Å². The number of nitrogens with zero attached hydrogens (tertiary/aromatic N) is 2. The Kier molecular flexibility index (Phi) is 3.90. The monoisotopic (exact) mass is 265 g/mol. The number of carbonyl (C=O) groups excluding carboxylic acids is 1. The standard InChI is InChI=1S/C13H19N3O3/c1-16-12(13(17)19-3)10(14)11(15-16)8-4-6-9(18-2)7-5-8/h4,9H,5-7,14H2,1-3H3. The second-order valence-electron chi connectivity index (χ2n) is 4.59. The Labute approximate surface area is 112 Å². The summed E-state index contributed by atoms with van der Waals surface area (Å²) in [7, 11) is 4.74. The number of carbonyl (C=O) groups is 1. The van der Waals surface area contributed by atoms with E-state index in [2.05, 4.69) is 11.2 Å². The molecule has 0 saturated carbocycles. The van der Waals surface area contributed by atoms with E-state index in [9.17, 15) is 4.79 Å². The highest BCUT2D eigenvalue weighted by molar-refractivity contribution is 5.96. The minimum Gasteiger partial charge on any atom is -0.464 e. The highest BCUT2D eigenvalue weighted by atomic mass is 16.5. The third-order valence-electron chi connectivity index (χ3n) is 3.46. The van der Waals surface area contributed by atoms with Gasteiger partial charge in [-0.15, -0.1) is 0 Å². The summed E-state index contributed by atoms with van der Waals surface area (Å²) in [5, 5.41) is 4.34. The number of allylic oxidation sites excluding steroid dienone is 1. The zero-order valence-corrected chi connectivity index (χ0v) is 11.5. The Bertz CT molecular complexity index is 519. The lowest BCUT2D eigenvalue weighted by Gasteiger charge is -2.19. The fourth-order valence-corrected chi connectivity index (χ4v) is 2.36. The van der Waals surface area contributed by atoms with Gasteiger partial charge in [-0.3, -0.25) is 4.68 Å². The number of nitrogens with two attached hydrogens (primary N) is 1.